The third kappa shape index (κ3) is 4.17. The van der Waals surface area contributed by atoms with Crippen LogP contribution in [0.5, 0.6) is 0 Å². The molecule has 2 aromatic carbocycles. The maximum absolute atomic E-state index is 13.8. The number of halogens is 1. The van der Waals surface area contributed by atoms with E-state index in [4.69, 9.17) is 0 Å². The van der Waals surface area contributed by atoms with E-state index < -0.39 is 27.1 Å². The van der Waals surface area contributed by atoms with Gasteiger partial charge in [0.05, 0.1) is 22.5 Å². The number of aryl methyl sites for hydroxylation is 1. The molecule has 0 bridgehead atoms. The molecular formula is C17H15FN4O4S. The molecule has 27 heavy (non-hydrogen) atoms. The zero-order chi connectivity index (χ0) is 19.6. The number of carbonyl (C=O) groups is 1. The lowest BCUT2D eigenvalue weighted by molar-refractivity contribution is -0.116. The predicted octanol–water partition coefficient (Wildman–Crippen LogP) is 1.36. The van der Waals surface area contributed by atoms with Gasteiger partial charge in [0.25, 0.3) is 5.56 Å². The Kier molecular flexibility index (Phi) is 5.00. The van der Waals surface area contributed by atoms with Gasteiger partial charge in [0, 0.05) is 12.7 Å². The smallest absolute Gasteiger partial charge is 0.277 e. The number of aromatic nitrogens is 3. The van der Waals surface area contributed by atoms with E-state index in [0.717, 1.165) is 29.1 Å². The van der Waals surface area contributed by atoms with Gasteiger partial charge in [0.2, 0.25) is 5.91 Å². The summed E-state index contributed by atoms with van der Waals surface area (Å²) >= 11 is 0. The third-order valence-corrected chi connectivity index (χ3v) is 4.93. The first kappa shape index (κ1) is 18.6. The zero-order valence-electron chi connectivity index (χ0n) is 14.2. The van der Waals surface area contributed by atoms with Gasteiger partial charge >= 0.3 is 0 Å². The summed E-state index contributed by atoms with van der Waals surface area (Å²) in [6, 6.07) is 9.81. The van der Waals surface area contributed by atoms with E-state index in [1.165, 1.54) is 0 Å². The van der Waals surface area contributed by atoms with Crippen LogP contribution in [0.4, 0.5) is 10.1 Å². The van der Waals surface area contributed by atoms with Crippen LogP contribution in [0.1, 0.15) is 6.42 Å². The molecule has 0 saturated carbocycles. The number of nitrogens with zero attached hydrogens (tertiary/aromatic N) is 3. The molecule has 8 nitrogen and oxygen atoms in total. The Hall–Kier alpha value is -3.14. The molecule has 0 fully saturated rings. The first-order chi connectivity index (χ1) is 12.8. The van der Waals surface area contributed by atoms with Crippen molar-refractivity contribution in [3.05, 3.63) is 58.6 Å². The molecule has 3 aromatic rings. The van der Waals surface area contributed by atoms with Gasteiger partial charge in [-0.25, -0.2) is 17.5 Å². The Morgan fingerprint density at radius 1 is 1.22 bits per heavy atom. The Morgan fingerprint density at radius 3 is 2.70 bits per heavy atom. The fourth-order valence-electron chi connectivity index (χ4n) is 2.42. The maximum Gasteiger partial charge on any atom is 0.277 e. The molecule has 0 atom stereocenters. The summed E-state index contributed by atoms with van der Waals surface area (Å²) in [6.07, 6.45) is 0.812. The molecule has 0 saturated heterocycles. The zero-order valence-corrected chi connectivity index (χ0v) is 15.0. The normalized spacial score (nSPS) is 11.5. The highest BCUT2D eigenvalue weighted by Gasteiger charge is 2.14. The van der Waals surface area contributed by atoms with E-state index in [2.05, 4.69) is 15.6 Å². The Balaban J connectivity index is 1.74. The SMILES string of the molecule is CS(=O)(=O)c1ccc(F)c(NC(=O)CCn2nnc3ccccc3c2=O)c1. The van der Waals surface area contributed by atoms with Gasteiger partial charge < -0.3 is 5.32 Å². The average molecular weight is 390 g/mol. The number of hydrogen-bond acceptors (Lipinski definition) is 6. The number of hydrogen-bond donors (Lipinski definition) is 1. The van der Waals surface area contributed by atoms with E-state index in [0.29, 0.717) is 10.9 Å². The van der Waals surface area contributed by atoms with Gasteiger partial charge in [-0.15, -0.1) is 5.10 Å². The lowest BCUT2D eigenvalue weighted by Crippen LogP contribution is -2.26. The minimum Gasteiger partial charge on any atom is -0.324 e. The molecule has 140 valence electrons. The van der Waals surface area contributed by atoms with Gasteiger partial charge in [-0.2, -0.15) is 0 Å². The minimum atomic E-state index is -3.54. The second kappa shape index (κ2) is 7.23. The van der Waals surface area contributed by atoms with Gasteiger partial charge in [-0.3, -0.25) is 9.59 Å². The number of rotatable bonds is 5. The van der Waals surface area contributed by atoms with Crippen LogP contribution in [0.15, 0.2) is 52.2 Å². The number of fused-ring (bicyclic) bond motifs is 1. The fraction of sp³-hybridized carbons (Fsp3) is 0.176. The quantitative estimate of drug-likeness (QED) is 0.659. The molecule has 1 N–H and O–H groups in total. The highest BCUT2D eigenvalue weighted by molar-refractivity contribution is 7.90. The first-order valence-electron chi connectivity index (χ1n) is 7.88. The van der Waals surface area contributed by atoms with E-state index in [1.54, 1.807) is 24.3 Å². The van der Waals surface area contributed by atoms with E-state index >= 15 is 0 Å². The maximum atomic E-state index is 13.8. The molecule has 0 radical (unpaired) electrons. The summed E-state index contributed by atoms with van der Waals surface area (Å²) in [6.45, 7) is -0.0596. The Morgan fingerprint density at radius 2 is 1.96 bits per heavy atom. The van der Waals surface area contributed by atoms with Crippen molar-refractivity contribution in [3.63, 3.8) is 0 Å². The van der Waals surface area contributed by atoms with Crippen LogP contribution in [0.3, 0.4) is 0 Å². The van der Waals surface area contributed by atoms with Crippen molar-refractivity contribution in [2.45, 2.75) is 17.9 Å². The summed E-state index contributed by atoms with van der Waals surface area (Å²) in [4.78, 5) is 24.3. The van der Waals surface area contributed by atoms with E-state index in [1.807, 2.05) is 0 Å². The van der Waals surface area contributed by atoms with Gasteiger partial charge in [-0.1, -0.05) is 17.3 Å². The van der Waals surface area contributed by atoms with Crippen LogP contribution < -0.4 is 10.9 Å². The number of benzene rings is 2. The van der Waals surface area contributed by atoms with Gasteiger partial charge in [0.1, 0.15) is 11.3 Å². The minimum absolute atomic E-state index is 0.0596. The fourth-order valence-corrected chi connectivity index (χ4v) is 3.07. The van der Waals surface area contributed by atoms with Crippen molar-refractivity contribution in [2.75, 3.05) is 11.6 Å². The van der Waals surface area contributed by atoms with Crippen molar-refractivity contribution in [1.29, 1.82) is 0 Å². The summed E-state index contributed by atoms with van der Waals surface area (Å²) < 4.78 is 38.0. The van der Waals surface area contributed by atoms with Gasteiger partial charge in [-0.05, 0) is 30.3 Å². The largest absolute Gasteiger partial charge is 0.324 e. The van der Waals surface area contributed by atoms with Crippen molar-refractivity contribution in [3.8, 4) is 0 Å². The van der Waals surface area contributed by atoms with Crippen LogP contribution in [0.25, 0.3) is 10.9 Å². The molecule has 1 heterocycles. The van der Waals surface area contributed by atoms with Crippen LogP contribution in [0, 0.1) is 5.82 Å². The third-order valence-electron chi connectivity index (χ3n) is 3.82. The summed E-state index contributed by atoms with van der Waals surface area (Å²) in [7, 11) is -3.54. The topological polar surface area (TPSA) is 111 Å². The standard InChI is InChI=1S/C17H15FN4O4S/c1-27(25,26)11-6-7-13(18)15(10-11)19-16(23)8-9-22-17(24)12-4-2-3-5-14(12)20-21-22/h2-7,10H,8-9H2,1H3,(H,19,23). The summed E-state index contributed by atoms with van der Waals surface area (Å²) in [5.74, 6) is -1.36. The van der Waals surface area contributed by atoms with Crippen molar-refractivity contribution >= 4 is 32.3 Å². The molecular weight excluding hydrogens is 375 g/mol. The molecule has 3 rings (SSSR count). The van der Waals surface area contributed by atoms with Crippen LogP contribution in [0.2, 0.25) is 0 Å². The number of nitrogens with one attached hydrogen (secondary N) is 1. The van der Waals surface area contributed by atoms with Crippen molar-refractivity contribution < 1.29 is 17.6 Å². The molecule has 0 aliphatic carbocycles. The lowest BCUT2D eigenvalue weighted by atomic mass is 10.2. The van der Waals surface area contributed by atoms with Crippen LogP contribution >= 0.6 is 0 Å². The summed E-state index contributed by atoms with van der Waals surface area (Å²) in [5, 5.41) is 10.4. The number of carbonyl (C=O) groups excluding carboxylic acids is 1. The second-order valence-corrected chi connectivity index (χ2v) is 7.86. The number of amides is 1. The monoisotopic (exact) mass is 390 g/mol. The molecule has 0 spiro atoms. The predicted molar refractivity (Wildman–Crippen MR) is 96.6 cm³/mol. The van der Waals surface area contributed by atoms with Crippen molar-refractivity contribution in [1.82, 2.24) is 15.0 Å². The number of anilines is 1. The molecule has 1 amide bonds. The van der Waals surface area contributed by atoms with Crippen LogP contribution in [-0.2, 0) is 21.2 Å². The summed E-state index contributed by atoms with van der Waals surface area (Å²) in [5.41, 5.74) is -0.193. The van der Waals surface area contributed by atoms with Gasteiger partial charge in [0.15, 0.2) is 9.84 Å². The molecule has 10 heteroatoms. The molecule has 0 aliphatic heterocycles. The lowest BCUT2D eigenvalue weighted by Gasteiger charge is -2.09. The van der Waals surface area contributed by atoms with E-state index in [-0.39, 0.29) is 23.5 Å². The highest BCUT2D eigenvalue weighted by Crippen LogP contribution is 2.19. The molecule has 0 aliphatic rings. The molecule has 1 aromatic heterocycles. The number of sulfone groups is 1. The molecule has 0 unspecified atom stereocenters. The Labute approximate surface area is 153 Å². The van der Waals surface area contributed by atoms with Crippen LogP contribution in [-0.4, -0.2) is 35.6 Å². The van der Waals surface area contributed by atoms with Crippen molar-refractivity contribution in [2.24, 2.45) is 0 Å². The highest BCUT2D eigenvalue weighted by atomic mass is 32.2. The second-order valence-electron chi connectivity index (χ2n) is 5.85. The average Bonchev–Trinajstić information content (AvgIpc) is 2.62. The first-order valence-corrected chi connectivity index (χ1v) is 9.77. The Bertz CT molecular complexity index is 1190. The van der Waals surface area contributed by atoms with E-state index in [9.17, 15) is 22.4 Å².